The molecule has 2 N–H and O–H groups in total. The number of carbonyl (C=O) groups excluding carboxylic acids is 2. The molecule has 13 heteroatoms. The summed E-state index contributed by atoms with van der Waals surface area (Å²) in [6.45, 7) is -0.101. The van der Waals surface area contributed by atoms with Crippen molar-refractivity contribution in [1.82, 2.24) is 14.9 Å². The molecule has 2 fully saturated rings. The third-order valence-electron chi connectivity index (χ3n) is 6.37. The average molecular weight is 522 g/mol. The van der Waals surface area contributed by atoms with Gasteiger partial charge >= 0.3 is 6.18 Å². The topological polar surface area (TPSA) is 105 Å². The molecular weight excluding hydrogens is 503 g/mol. The summed E-state index contributed by atoms with van der Waals surface area (Å²) in [5.74, 6) is -4.87. The zero-order valence-electron chi connectivity index (χ0n) is 18.9. The third-order valence-corrected chi connectivity index (χ3v) is 6.37. The number of halogens is 5. The first-order valence-corrected chi connectivity index (χ1v) is 11.3. The van der Waals surface area contributed by atoms with Crippen molar-refractivity contribution >= 4 is 28.7 Å². The molecular formula is C24H19F5N4O4. The largest absolute Gasteiger partial charge is 0.408 e. The van der Waals surface area contributed by atoms with Gasteiger partial charge in [0.1, 0.15) is 34.7 Å². The zero-order chi connectivity index (χ0) is 26.6. The predicted octanol–water partition coefficient (Wildman–Crippen LogP) is 2.83. The summed E-state index contributed by atoms with van der Waals surface area (Å²) in [7, 11) is 0. The minimum atomic E-state index is -4.76. The number of hydrogen-bond donors (Lipinski definition) is 2. The molecule has 0 spiro atoms. The molecule has 8 nitrogen and oxygen atoms in total. The average Bonchev–Trinajstić information content (AvgIpc) is 3.60. The van der Waals surface area contributed by atoms with E-state index in [0.717, 1.165) is 39.9 Å². The summed E-state index contributed by atoms with van der Waals surface area (Å²) in [5, 5.41) is 11.3. The quantitative estimate of drug-likeness (QED) is 0.502. The first kappa shape index (κ1) is 24.8. The van der Waals surface area contributed by atoms with Crippen LogP contribution in [0.25, 0.3) is 16.7 Å². The van der Waals surface area contributed by atoms with E-state index in [1.165, 1.54) is 6.07 Å². The van der Waals surface area contributed by atoms with Gasteiger partial charge in [-0.3, -0.25) is 23.9 Å². The number of aliphatic hydroxyl groups excluding tert-OH is 1. The molecule has 194 valence electrons. The molecule has 1 aliphatic heterocycles. The van der Waals surface area contributed by atoms with Crippen molar-refractivity contribution in [2.75, 3.05) is 11.4 Å². The van der Waals surface area contributed by atoms with Crippen LogP contribution in [-0.4, -0.2) is 51.3 Å². The maximum Gasteiger partial charge on any atom is 0.408 e. The zero-order valence-corrected chi connectivity index (χ0v) is 18.9. The monoisotopic (exact) mass is 522 g/mol. The van der Waals surface area contributed by atoms with E-state index in [1.54, 1.807) is 0 Å². The molecule has 0 radical (unpaired) electrons. The number of para-hydroxylation sites is 1. The molecule has 0 unspecified atom stereocenters. The number of anilines is 1. The Balaban J connectivity index is 1.69. The van der Waals surface area contributed by atoms with Gasteiger partial charge in [-0.25, -0.2) is 13.8 Å². The molecule has 2 aromatic heterocycles. The molecule has 2 amide bonds. The third kappa shape index (κ3) is 4.54. The van der Waals surface area contributed by atoms with Crippen molar-refractivity contribution in [3.8, 4) is 5.69 Å². The SMILES string of the molecule is O=C(N[C@H](C1CC1)C(F)(F)F)c1cn(-c2c(F)cccc2F)c2nc(N3C[C@@H](O)CC3=O)ccc2c1=O. The van der Waals surface area contributed by atoms with Crippen LogP contribution in [0.15, 0.2) is 41.3 Å². The van der Waals surface area contributed by atoms with Crippen LogP contribution < -0.4 is 15.6 Å². The van der Waals surface area contributed by atoms with E-state index in [4.69, 9.17) is 0 Å². The van der Waals surface area contributed by atoms with Gasteiger partial charge in [0.15, 0.2) is 5.65 Å². The lowest BCUT2D eigenvalue weighted by Crippen LogP contribution is -2.48. The normalized spacial score (nSPS) is 18.9. The van der Waals surface area contributed by atoms with E-state index >= 15 is 0 Å². The second-order valence-corrected chi connectivity index (χ2v) is 9.05. The first-order valence-electron chi connectivity index (χ1n) is 11.3. The summed E-state index contributed by atoms with van der Waals surface area (Å²) in [6.07, 6.45) is -4.65. The highest BCUT2D eigenvalue weighted by Crippen LogP contribution is 2.40. The summed E-state index contributed by atoms with van der Waals surface area (Å²) in [6, 6.07) is 3.14. The molecule has 37 heavy (non-hydrogen) atoms. The Morgan fingerprint density at radius 1 is 1.11 bits per heavy atom. The maximum absolute atomic E-state index is 14.8. The van der Waals surface area contributed by atoms with Crippen LogP contribution in [0.2, 0.25) is 0 Å². The number of pyridine rings is 2. The summed E-state index contributed by atoms with van der Waals surface area (Å²) < 4.78 is 70.8. The fourth-order valence-electron chi connectivity index (χ4n) is 4.42. The van der Waals surface area contributed by atoms with E-state index in [1.807, 2.05) is 5.32 Å². The van der Waals surface area contributed by atoms with E-state index in [9.17, 15) is 41.4 Å². The van der Waals surface area contributed by atoms with Crippen LogP contribution >= 0.6 is 0 Å². The van der Waals surface area contributed by atoms with Crippen molar-refractivity contribution in [3.05, 3.63) is 63.9 Å². The van der Waals surface area contributed by atoms with Gasteiger partial charge in [-0.15, -0.1) is 0 Å². The number of fused-ring (bicyclic) bond motifs is 1. The van der Waals surface area contributed by atoms with E-state index in [0.29, 0.717) is 0 Å². The Bertz CT molecular complexity index is 1460. The number of aliphatic hydroxyl groups is 1. The highest BCUT2D eigenvalue weighted by Gasteiger charge is 2.50. The fraction of sp³-hybridized carbons (Fsp3) is 0.333. The highest BCUT2D eigenvalue weighted by atomic mass is 19.4. The second-order valence-electron chi connectivity index (χ2n) is 9.05. The highest BCUT2D eigenvalue weighted by molar-refractivity contribution is 5.99. The fourth-order valence-corrected chi connectivity index (χ4v) is 4.42. The van der Waals surface area contributed by atoms with Crippen LogP contribution in [-0.2, 0) is 4.79 Å². The van der Waals surface area contributed by atoms with Gasteiger partial charge in [0, 0.05) is 6.20 Å². The number of rotatable bonds is 5. The Hall–Kier alpha value is -3.87. The number of alkyl halides is 3. The van der Waals surface area contributed by atoms with Crippen LogP contribution in [0, 0.1) is 17.6 Å². The van der Waals surface area contributed by atoms with Crippen LogP contribution in [0.3, 0.4) is 0 Å². The number of β-amino-alcohol motifs (C(OH)–C–C–N with tert-alkyl or cyclic N) is 1. The lowest BCUT2D eigenvalue weighted by molar-refractivity contribution is -0.158. The van der Waals surface area contributed by atoms with Crippen molar-refractivity contribution in [1.29, 1.82) is 0 Å². The van der Waals surface area contributed by atoms with E-state index < -0.39 is 64.4 Å². The van der Waals surface area contributed by atoms with Crippen LogP contribution in [0.1, 0.15) is 29.6 Å². The Labute approximate surface area is 205 Å². The van der Waals surface area contributed by atoms with Gasteiger partial charge in [0.25, 0.3) is 5.91 Å². The molecule has 3 aromatic rings. The number of benzene rings is 1. The number of aromatic nitrogens is 2. The Kier molecular flexibility index (Phi) is 5.97. The van der Waals surface area contributed by atoms with Crippen molar-refractivity contribution in [2.45, 2.75) is 37.6 Å². The van der Waals surface area contributed by atoms with E-state index in [-0.39, 0.29) is 42.7 Å². The molecule has 5 rings (SSSR count). The number of carbonyl (C=O) groups is 2. The van der Waals surface area contributed by atoms with Gasteiger partial charge < -0.3 is 10.4 Å². The predicted molar refractivity (Wildman–Crippen MR) is 120 cm³/mol. The van der Waals surface area contributed by atoms with Gasteiger partial charge in [0.2, 0.25) is 11.3 Å². The molecule has 2 atom stereocenters. The maximum atomic E-state index is 14.8. The van der Waals surface area contributed by atoms with Gasteiger partial charge in [0.05, 0.1) is 24.5 Å². The van der Waals surface area contributed by atoms with Crippen LogP contribution in [0.5, 0.6) is 0 Å². The number of amides is 2. The molecule has 3 heterocycles. The number of nitrogens with one attached hydrogen (secondary N) is 1. The molecule has 1 aliphatic carbocycles. The molecule has 2 aliphatic rings. The van der Waals surface area contributed by atoms with Crippen molar-refractivity contribution in [2.24, 2.45) is 5.92 Å². The first-order chi connectivity index (χ1) is 17.5. The van der Waals surface area contributed by atoms with Crippen molar-refractivity contribution in [3.63, 3.8) is 0 Å². The lowest BCUT2D eigenvalue weighted by atomic mass is 10.1. The van der Waals surface area contributed by atoms with Crippen LogP contribution in [0.4, 0.5) is 27.8 Å². The number of hydrogen-bond acceptors (Lipinski definition) is 5. The molecule has 1 saturated carbocycles. The minimum Gasteiger partial charge on any atom is -0.391 e. The molecule has 1 aromatic carbocycles. The lowest BCUT2D eigenvalue weighted by Gasteiger charge is -2.22. The smallest absolute Gasteiger partial charge is 0.391 e. The summed E-state index contributed by atoms with van der Waals surface area (Å²) in [5.41, 5.74) is -2.85. The minimum absolute atomic E-state index is 0.0259. The second kappa shape index (κ2) is 8.91. The van der Waals surface area contributed by atoms with E-state index in [2.05, 4.69) is 4.98 Å². The van der Waals surface area contributed by atoms with Gasteiger partial charge in [-0.1, -0.05) is 6.07 Å². The Morgan fingerprint density at radius 3 is 2.35 bits per heavy atom. The summed E-state index contributed by atoms with van der Waals surface area (Å²) in [4.78, 5) is 43.6. The molecule has 0 bridgehead atoms. The standard InChI is InChI=1S/C24H19F5N4O4/c25-15-2-1-3-16(26)19(15)33-10-14(23(37)31-21(11-4-5-11)24(27,28)29)20(36)13-6-7-17(30-22(13)33)32-9-12(34)8-18(32)35/h1-3,6-7,10-12,21,34H,4-5,8-9H2,(H,31,37)/t12-,21+/m0/s1. The summed E-state index contributed by atoms with van der Waals surface area (Å²) >= 11 is 0. The van der Waals surface area contributed by atoms with Crippen molar-refractivity contribution < 1.29 is 36.6 Å². The van der Waals surface area contributed by atoms with Gasteiger partial charge in [-0.2, -0.15) is 13.2 Å². The Morgan fingerprint density at radius 2 is 1.78 bits per heavy atom. The number of nitrogens with zero attached hydrogens (tertiary/aromatic N) is 3. The molecule has 1 saturated heterocycles. The van der Waals surface area contributed by atoms with Gasteiger partial charge in [-0.05, 0) is 43.0 Å².